The molecule has 2 heterocycles. The molecule has 4 nitrogen and oxygen atoms in total. The van der Waals surface area contributed by atoms with Gasteiger partial charge in [0, 0.05) is 28.2 Å². The number of hydrogen-bond donors (Lipinski definition) is 1. The molecule has 0 radical (unpaired) electrons. The van der Waals surface area contributed by atoms with Crippen LogP contribution in [0.5, 0.6) is 0 Å². The molecule has 3 saturated carbocycles. The Bertz CT molecular complexity index is 1560. The zero-order valence-electron chi connectivity index (χ0n) is 28.6. The number of nitrogens with zero attached hydrogens (tertiary/aromatic N) is 1. The number of alkyl halides is 3. The third-order valence-corrected chi connectivity index (χ3v) is 15.3. The largest absolute Gasteiger partial charge is 0.416 e. The van der Waals surface area contributed by atoms with Gasteiger partial charge >= 0.3 is 6.18 Å². The van der Waals surface area contributed by atoms with Gasteiger partial charge in [-0.3, -0.25) is 4.79 Å². The van der Waals surface area contributed by atoms with E-state index in [0.717, 1.165) is 54.8 Å². The Morgan fingerprint density at radius 2 is 1.61 bits per heavy atom. The molecule has 1 N–H and O–H groups in total. The Balaban J connectivity index is 1.26. The van der Waals surface area contributed by atoms with Crippen LogP contribution in [0.2, 0.25) is 0 Å². The van der Waals surface area contributed by atoms with Crippen LogP contribution in [0, 0.1) is 39.9 Å². The maximum Gasteiger partial charge on any atom is 0.416 e. The monoisotopic (exact) mass is 657 g/mol. The molecule has 9 atom stereocenters. The topological polar surface area (TPSA) is 59.4 Å². The van der Waals surface area contributed by atoms with Crippen molar-refractivity contribution < 1.29 is 27.8 Å². The van der Waals surface area contributed by atoms with E-state index in [0.29, 0.717) is 35.6 Å². The Morgan fingerprint density at radius 1 is 0.935 bits per heavy atom. The van der Waals surface area contributed by atoms with Crippen molar-refractivity contribution >= 4 is 17.1 Å². The van der Waals surface area contributed by atoms with Gasteiger partial charge in [-0.05, 0) is 112 Å². The molecule has 7 rings (SSSR count). The Labute approximate surface area is 275 Å². The van der Waals surface area contributed by atoms with Crippen LogP contribution in [0.1, 0.15) is 116 Å². The van der Waals surface area contributed by atoms with E-state index in [1.54, 1.807) is 11.3 Å². The first-order valence-corrected chi connectivity index (χ1v) is 18.1. The summed E-state index contributed by atoms with van der Waals surface area (Å²) < 4.78 is 46.6. The lowest BCUT2D eigenvalue weighted by Crippen LogP contribution is -2.68. The highest BCUT2D eigenvalue weighted by Crippen LogP contribution is 2.75. The summed E-state index contributed by atoms with van der Waals surface area (Å²) in [6, 6.07) is 5.24. The first-order valence-electron chi connectivity index (χ1n) is 17.3. The Hall–Kier alpha value is -1.77. The Morgan fingerprint density at radius 3 is 2.24 bits per heavy atom. The molecule has 1 aromatic carbocycles. The number of benzene rings is 1. The number of carbonyl (C=O) groups is 1. The predicted octanol–water partition coefficient (Wildman–Crippen LogP) is 9.42. The first kappa shape index (κ1) is 32.8. The molecule has 1 aromatic heterocycles. The SMILES string of the molecule is CC1(C)CCC[C@](C)([C@H]2CC[C@]3(C)[C@@H]2[C@H](O)C[C@@H]2[C@@]4(C)Cc5sc(-c6ccc(C(F)(F)F)cc6)nc5C(C)(C)[C@@H]4C(=O)C[C@]23C)O1. The number of Topliss-reactive ketones (excluding diaryl/α,β-unsaturated/α-hetero) is 1. The number of aromatic nitrogens is 1. The van der Waals surface area contributed by atoms with Gasteiger partial charge in [0.05, 0.1) is 28.6 Å². The van der Waals surface area contributed by atoms with Gasteiger partial charge in [0.2, 0.25) is 0 Å². The minimum atomic E-state index is -4.39. The second kappa shape index (κ2) is 9.90. The maximum absolute atomic E-state index is 14.7. The van der Waals surface area contributed by atoms with Gasteiger partial charge in [0.15, 0.2) is 0 Å². The average Bonchev–Trinajstić information content (AvgIpc) is 3.52. The molecule has 1 saturated heterocycles. The fourth-order valence-corrected chi connectivity index (χ4v) is 13.8. The molecule has 0 unspecified atom stereocenters. The van der Waals surface area contributed by atoms with Gasteiger partial charge < -0.3 is 9.84 Å². The lowest BCUT2D eigenvalue weighted by atomic mass is 9.35. The smallest absolute Gasteiger partial charge is 0.393 e. The van der Waals surface area contributed by atoms with Gasteiger partial charge in [0.1, 0.15) is 10.8 Å². The second-order valence-corrected chi connectivity index (χ2v) is 18.8. The minimum Gasteiger partial charge on any atom is -0.393 e. The van der Waals surface area contributed by atoms with Gasteiger partial charge in [-0.1, -0.05) is 46.8 Å². The minimum absolute atomic E-state index is 0.0717. The number of fused-ring (bicyclic) bond motifs is 6. The molecule has 252 valence electrons. The lowest BCUT2D eigenvalue weighted by Gasteiger charge is -2.69. The highest BCUT2D eigenvalue weighted by molar-refractivity contribution is 7.15. The van der Waals surface area contributed by atoms with Crippen LogP contribution in [0.3, 0.4) is 0 Å². The van der Waals surface area contributed by atoms with Crippen molar-refractivity contribution in [3.05, 3.63) is 40.4 Å². The summed E-state index contributed by atoms with van der Waals surface area (Å²) in [6.45, 7) is 17.9. The van der Waals surface area contributed by atoms with E-state index in [1.165, 1.54) is 12.1 Å². The first-order chi connectivity index (χ1) is 21.2. The highest BCUT2D eigenvalue weighted by atomic mass is 32.1. The number of halogens is 3. The second-order valence-electron chi connectivity index (χ2n) is 17.7. The van der Waals surface area contributed by atoms with Crippen LogP contribution in [-0.2, 0) is 27.5 Å². The van der Waals surface area contributed by atoms with E-state index in [9.17, 15) is 23.1 Å². The van der Waals surface area contributed by atoms with Crippen LogP contribution >= 0.6 is 11.3 Å². The van der Waals surface area contributed by atoms with Crippen molar-refractivity contribution in [1.82, 2.24) is 4.98 Å². The van der Waals surface area contributed by atoms with Gasteiger partial charge in [-0.25, -0.2) is 4.98 Å². The summed E-state index contributed by atoms with van der Waals surface area (Å²) in [4.78, 5) is 20.8. The number of ketones is 1. The van der Waals surface area contributed by atoms with Crippen LogP contribution in [0.15, 0.2) is 24.3 Å². The molecule has 0 amide bonds. The van der Waals surface area contributed by atoms with E-state index in [4.69, 9.17) is 9.72 Å². The molecule has 1 aliphatic heterocycles. The highest BCUT2D eigenvalue weighted by Gasteiger charge is 2.73. The van der Waals surface area contributed by atoms with Crippen LogP contribution in [0.25, 0.3) is 10.6 Å². The quantitative estimate of drug-likeness (QED) is 0.350. The van der Waals surface area contributed by atoms with Crippen molar-refractivity contribution in [3.63, 3.8) is 0 Å². The number of carbonyl (C=O) groups excluding carboxylic acids is 1. The summed E-state index contributed by atoms with van der Waals surface area (Å²) in [6.07, 6.45) is 2.15. The fraction of sp³-hybridized carbons (Fsp3) is 0.737. The predicted molar refractivity (Wildman–Crippen MR) is 174 cm³/mol. The van der Waals surface area contributed by atoms with E-state index < -0.39 is 23.3 Å². The standard InChI is InChI=1S/C38H50F3NO3S/c1-32(2)15-9-16-37(8,45-32)23-14-17-35(6)28(23)24(43)18-27-34(5)20-26-30(33(3,4)29(34)25(44)19-36(27,35)7)42-31(46-26)21-10-12-22(13-11-21)38(39,40)41/h10-13,23-24,27-29,43H,9,14-20H2,1-8H3/t23-,24+,27+,28-,29-,34+,35+,36+,37+/m0/s1. The van der Waals surface area contributed by atoms with Crippen LogP contribution in [-0.4, -0.2) is 33.2 Å². The van der Waals surface area contributed by atoms with E-state index in [2.05, 4.69) is 55.4 Å². The molecule has 8 heteroatoms. The van der Waals surface area contributed by atoms with Gasteiger partial charge in [0.25, 0.3) is 0 Å². The number of hydrogen-bond acceptors (Lipinski definition) is 5. The maximum atomic E-state index is 14.7. The molecule has 4 aliphatic carbocycles. The average molecular weight is 658 g/mol. The molecular weight excluding hydrogens is 607 g/mol. The number of rotatable bonds is 2. The molecule has 0 spiro atoms. The molecule has 2 aromatic rings. The number of ether oxygens (including phenoxy) is 1. The van der Waals surface area contributed by atoms with Gasteiger partial charge in [-0.15, -0.1) is 11.3 Å². The van der Waals surface area contributed by atoms with Crippen molar-refractivity contribution in [3.8, 4) is 10.6 Å². The van der Waals surface area contributed by atoms with Crippen LogP contribution in [0.4, 0.5) is 13.2 Å². The molecule has 5 aliphatic rings. The molecule has 4 fully saturated rings. The zero-order chi connectivity index (χ0) is 33.5. The summed E-state index contributed by atoms with van der Waals surface area (Å²) in [5, 5.41) is 12.9. The summed E-state index contributed by atoms with van der Waals surface area (Å²) in [5.74, 6) is 0.494. The molecule has 46 heavy (non-hydrogen) atoms. The van der Waals surface area contributed by atoms with Gasteiger partial charge in [-0.2, -0.15) is 13.2 Å². The van der Waals surface area contributed by atoms with Crippen molar-refractivity contribution in [1.29, 1.82) is 0 Å². The van der Waals surface area contributed by atoms with Crippen LogP contribution < -0.4 is 0 Å². The summed E-state index contributed by atoms with van der Waals surface area (Å²) in [5.41, 5.74) is -0.998. The lowest BCUT2D eigenvalue weighted by molar-refractivity contribution is -0.239. The zero-order valence-corrected chi connectivity index (χ0v) is 29.4. The number of thiazole rings is 1. The number of aliphatic hydroxyl groups excluding tert-OH is 1. The van der Waals surface area contributed by atoms with Crippen molar-refractivity contribution in [2.75, 3.05) is 0 Å². The van der Waals surface area contributed by atoms with E-state index in [1.807, 2.05) is 0 Å². The van der Waals surface area contributed by atoms with Crippen molar-refractivity contribution in [2.45, 2.75) is 136 Å². The number of aliphatic hydroxyl groups is 1. The van der Waals surface area contributed by atoms with E-state index >= 15 is 0 Å². The summed E-state index contributed by atoms with van der Waals surface area (Å²) >= 11 is 1.55. The third kappa shape index (κ3) is 4.43. The normalized spacial score (nSPS) is 43.0. The summed E-state index contributed by atoms with van der Waals surface area (Å²) in [7, 11) is 0. The molecule has 0 bridgehead atoms. The molecular formula is C38H50F3NO3S. The fourth-order valence-electron chi connectivity index (χ4n) is 12.4. The third-order valence-electron chi connectivity index (χ3n) is 14.2. The Kier molecular flexibility index (Phi) is 7.05. The van der Waals surface area contributed by atoms with Crippen molar-refractivity contribution in [2.24, 2.45) is 39.9 Å². The van der Waals surface area contributed by atoms with E-state index in [-0.39, 0.29) is 51.1 Å².